The highest BCUT2D eigenvalue weighted by Gasteiger charge is 2.33. The van der Waals surface area contributed by atoms with Gasteiger partial charge in [-0.15, -0.1) is 0 Å². The van der Waals surface area contributed by atoms with E-state index in [-0.39, 0.29) is 29.5 Å². The van der Waals surface area contributed by atoms with Crippen LogP contribution in [0.4, 0.5) is 4.79 Å². The zero-order valence-electron chi connectivity index (χ0n) is 19.2. The molecule has 0 unspecified atom stereocenters. The SMILES string of the molecule is CCOC(=O)N1CCN([C@@H](c2ccccc2Cl)c2c(O)cc(C)n(Cc3ccco3)c2=O)CC1. The van der Waals surface area contributed by atoms with Crippen LogP contribution in [-0.4, -0.2) is 58.4 Å². The van der Waals surface area contributed by atoms with Crippen molar-refractivity contribution >= 4 is 17.7 Å². The third-order valence-electron chi connectivity index (χ3n) is 6.10. The summed E-state index contributed by atoms with van der Waals surface area (Å²) < 4.78 is 12.2. The normalized spacial score (nSPS) is 15.3. The van der Waals surface area contributed by atoms with Crippen LogP contribution in [0.5, 0.6) is 5.75 Å². The Labute approximate surface area is 202 Å². The van der Waals surface area contributed by atoms with Gasteiger partial charge in [-0.05, 0) is 43.7 Å². The lowest BCUT2D eigenvalue weighted by Crippen LogP contribution is -2.50. The molecule has 1 aromatic carbocycles. The van der Waals surface area contributed by atoms with Crippen LogP contribution < -0.4 is 5.56 Å². The number of carbonyl (C=O) groups is 1. The van der Waals surface area contributed by atoms with E-state index in [0.717, 1.165) is 5.56 Å². The van der Waals surface area contributed by atoms with Gasteiger partial charge in [0.1, 0.15) is 11.5 Å². The van der Waals surface area contributed by atoms with Gasteiger partial charge < -0.3 is 23.7 Å². The van der Waals surface area contributed by atoms with Crippen LogP contribution in [-0.2, 0) is 11.3 Å². The predicted octanol–water partition coefficient (Wildman–Crippen LogP) is 4.02. The maximum atomic E-state index is 13.8. The molecule has 0 bridgehead atoms. The number of aryl methyl sites for hydroxylation is 1. The first kappa shape index (κ1) is 23.9. The molecule has 0 aliphatic carbocycles. The Bertz CT molecular complexity index is 1200. The Hall–Kier alpha value is -3.23. The molecule has 4 rings (SSSR count). The number of rotatable bonds is 6. The number of hydrogen-bond acceptors (Lipinski definition) is 6. The highest BCUT2D eigenvalue weighted by atomic mass is 35.5. The molecule has 1 N–H and O–H groups in total. The topological polar surface area (TPSA) is 88.2 Å². The largest absolute Gasteiger partial charge is 0.507 e. The number of carbonyl (C=O) groups excluding carboxylic acids is 1. The maximum absolute atomic E-state index is 13.8. The molecule has 1 saturated heterocycles. The molecule has 1 amide bonds. The summed E-state index contributed by atoms with van der Waals surface area (Å²) in [4.78, 5) is 29.7. The van der Waals surface area contributed by atoms with Crippen LogP contribution in [0.1, 0.15) is 35.5 Å². The summed E-state index contributed by atoms with van der Waals surface area (Å²) in [7, 11) is 0. The number of ether oxygens (including phenoxy) is 1. The van der Waals surface area contributed by atoms with Gasteiger partial charge in [0.15, 0.2) is 0 Å². The van der Waals surface area contributed by atoms with Crippen molar-refractivity contribution in [2.24, 2.45) is 0 Å². The Morgan fingerprint density at radius 1 is 1.18 bits per heavy atom. The van der Waals surface area contributed by atoms with Crippen molar-refractivity contribution in [2.75, 3.05) is 32.8 Å². The third-order valence-corrected chi connectivity index (χ3v) is 6.44. The molecule has 9 heteroatoms. The van der Waals surface area contributed by atoms with E-state index in [2.05, 4.69) is 4.90 Å². The fraction of sp³-hybridized carbons (Fsp3) is 0.360. The van der Waals surface area contributed by atoms with E-state index in [0.29, 0.717) is 49.3 Å². The number of aromatic hydroxyl groups is 1. The fourth-order valence-electron chi connectivity index (χ4n) is 4.39. The molecule has 1 aliphatic heterocycles. The van der Waals surface area contributed by atoms with E-state index in [1.807, 2.05) is 18.2 Å². The van der Waals surface area contributed by atoms with Gasteiger partial charge in [0, 0.05) is 36.9 Å². The zero-order valence-corrected chi connectivity index (χ0v) is 20.0. The van der Waals surface area contributed by atoms with E-state index < -0.39 is 6.04 Å². The minimum Gasteiger partial charge on any atom is -0.507 e. The summed E-state index contributed by atoms with van der Waals surface area (Å²) in [6, 6.07) is 11.9. The number of halogens is 1. The van der Waals surface area contributed by atoms with Gasteiger partial charge in [-0.25, -0.2) is 4.79 Å². The Morgan fingerprint density at radius 2 is 1.91 bits per heavy atom. The number of hydrogen-bond donors (Lipinski definition) is 1. The number of benzene rings is 1. The highest BCUT2D eigenvalue weighted by Crippen LogP contribution is 2.36. The lowest BCUT2D eigenvalue weighted by molar-refractivity contribution is 0.0709. The second-order valence-corrected chi connectivity index (χ2v) is 8.61. The number of amides is 1. The monoisotopic (exact) mass is 485 g/mol. The first-order valence-electron chi connectivity index (χ1n) is 11.3. The Kier molecular flexibility index (Phi) is 7.29. The van der Waals surface area contributed by atoms with E-state index in [4.69, 9.17) is 20.8 Å². The molecule has 0 spiro atoms. The Morgan fingerprint density at radius 3 is 2.56 bits per heavy atom. The molecule has 3 aromatic rings. The summed E-state index contributed by atoms with van der Waals surface area (Å²) in [5.41, 5.74) is 1.27. The average Bonchev–Trinajstić information content (AvgIpc) is 3.34. The number of nitrogens with zero attached hydrogens (tertiary/aromatic N) is 3. The molecule has 8 nitrogen and oxygen atoms in total. The minimum absolute atomic E-state index is 0.0871. The zero-order chi connectivity index (χ0) is 24.2. The fourth-order valence-corrected chi connectivity index (χ4v) is 4.63. The third kappa shape index (κ3) is 4.83. The van der Waals surface area contributed by atoms with Crippen LogP contribution in [0.2, 0.25) is 5.02 Å². The molecule has 0 radical (unpaired) electrons. The van der Waals surface area contributed by atoms with Crippen LogP contribution in [0.3, 0.4) is 0 Å². The van der Waals surface area contributed by atoms with Crippen LogP contribution in [0, 0.1) is 6.92 Å². The smallest absolute Gasteiger partial charge is 0.409 e. The summed E-state index contributed by atoms with van der Waals surface area (Å²) in [5.74, 6) is 0.551. The van der Waals surface area contributed by atoms with Crippen molar-refractivity contribution in [3.8, 4) is 5.75 Å². The molecular weight excluding hydrogens is 458 g/mol. The first-order valence-corrected chi connectivity index (χ1v) is 11.6. The summed E-state index contributed by atoms with van der Waals surface area (Å²) in [6.45, 7) is 5.95. The summed E-state index contributed by atoms with van der Waals surface area (Å²) in [5, 5.41) is 11.5. The van der Waals surface area contributed by atoms with Crippen molar-refractivity contribution in [3.63, 3.8) is 0 Å². The lowest BCUT2D eigenvalue weighted by Gasteiger charge is -2.39. The molecule has 1 aliphatic rings. The maximum Gasteiger partial charge on any atom is 0.409 e. The lowest BCUT2D eigenvalue weighted by atomic mass is 9.96. The van der Waals surface area contributed by atoms with Gasteiger partial charge in [0.2, 0.25) is 0 Å². The molecule has 0 saturated carbocycles. The first-order chi connectivity index (χ1) is 16.4. The second kappa shape index (κ2) is 10.4. The van der Waals surface area contributed by atoms with Crippen LogP contribution in [0.25, 0.3) is 0 Å². The molecule has 3 heterocycles. The number of furan rings is 1. The van der Waals surface area contributed by atoms with Crippen molar-refractivity contribution in [1.82, 2.24) is 14.4 Å². The predicted molar refractivity (Wildman–Crippen MR) is 128 cm³/mol. The Balaban J connectivity index is 1.76. The van der Waals surface area contributed by atoms with Crippen molar-refractivity contribution in [3.05, 3.63) is 86.7 Å². The van der Waals surface area contributed by atoms with Gasteiger partial charge >= 0.3 is 6.09 Å². The second-order valence-electron chi connectivity index (χ2n) is 8.20. The summed E-state index contributed by atoms with van der Waals surface area (Å²) >= 11 is 6.58. The molecule has 2 aromatic heterocycles. The number of aromatic nitrogens is 1. The van der Waals surface area contributed by atoms with Crippen molar-refractivity contribution in [1.29, 1.82) is 0 Å². The van der Waals surface area contributed by atoms with Crippen LogP contribution >= 0.6 is 11.6 Å². The average molecular weight is 486 g/mol. The standard InChI is InChI=1S/C25H28ClN3O5/c1-3-33-25(32)28-12-10-27(11-13-28)23(19-8-4-5-9-20(19)26)22-21(30)15-17(2)29(24(22)31)16-18-7-6-14-34-18/h4-9,14-15,23,30H,3,10-13,16H2,1-2H3/t23-/m0/s1. The summed E-state index contributed by atoms with van der Waals surface area (Å²) in [6.07, 6.45) is 1.21. The molecule has 1 fully saturated rings. The highest BCUT2D eigenvalue weighted by molar-refractivity contribution is 6.31. The number of piperazine rings is 1. The van der Waals surface area contributed by atoms with E-state index in [1.165, 1.54) is 0 Å². The van der Waals surface area contributed by atoms with Gasteiger partial charge in [0.25, 0.3) is 5.56 Å². The van der Waals surface area contributed by atoms with Crippen molar-refractivity contribution in [2.45, 2.75) is 26.4 Å². The van der Waals surface area contributed by atoms with Gasteiger partial charge in [-0.3, -0.25) is 9.69 Å². The van der Waals surface area contributed by atoms with Crippen molar-refractivity contribution < 1.29 is 19.1 Å². The van der Waals surface area contributed by atoms with Gasteiger partial charge in [-0.1, -0.05) is 29.8 Å². The van der Waals surface area contributed by atoms with E-state index >= 15 is 0 Å². The minimum atomic E-state index is -0.589. The molecular formula is C25H28ClN3O5. The molecule has 34 heavy (non-hydrogen) atoms. The molecule has 180 valence electrons. The molecule has 1 atom stereocenters. The van der Waals surface area contributed by atoms with E-state index in [1.54, 1.807) is 53.8 Å². The quantitative estimate of drug-likeness (QED) is 0.567. The van der Waals surface area contributed by atoms with Gasteiger partial charge in [-0.2, -0.15) is 0 Å². The van der Waals surface area contributed by atoms with Crippen LogP contribution in [0.15, 0.2) is 57.9 Å². The number of pyridine rings is 1. The van der Waals surface area contributed by atoms with Gasteiger partial charge in [0.05, 0.1) is 31.0 Å². The van der Waals surface area contributed by atoms with E-state index in [9.17, 15) is 14.7 Å².